The van der Waals surface area contributed by atoms with Crippen molar-refractivity contribution in [3.8, 4) is 0 Å². The summed E-state index contributed by atoms with van der Waals surface area (Å²) in [4.78, 5) is 0. The van der Waals surface area contributed by atoms with E-state index in [1.807, 2.05) is 0 Å². The van der Waals surface area contributed by atoms with Gasteiger partial charge in [0.1, 0.15) is 0 Å². The Bertz CT molecular complexity index is 423. The first-order chi connectivity index (χ1) is 8.11. The molecule has 4 unspecified atom stereocenters. The highest BCUT2D eigenvalue weighted by Gasteiger charge is 2.59. The quantitative estimate of drug-likeness (QED) is 0.589. The van der Waals surface area contributed by atoms with E-state index in [0.717, 1.165) is 6.26 Å². The standard InChI is InChI=1S/C10H14F4O3S/c1-18(15,16)17-8-4-5-2-6(8)3-7(5)10(13,14)9(11)12/h5-9H,2-4H2,1H3. The normalized spacial score (nSPS) is 36.6. The van der Waals surface area contributed by atoms with Gasteiger partial charge in [-0.25, -0.2) is 8.78 Å². The first-order valence-corrected chi connectivity index (χ1v) is 7.47. The molecule has 0 spiro atoms. The first kappa shape index (κ1) is 14.0. The minimum absolute atomic E-state index is 0.0950. The largest absolute Gasteiger partial charge is 0.310 e. The SMILES string of the molecule is CS(=O)(=O)OC1CC2CC1CC2C(F)(F)C(F)F. The second-order valence-corrected chi connectivity index (χ2v) is 6.75. The molecule has 2 rings (SSSR count). The van der Waals surface area contributed by atoms with E-state index in [1.54, 1.807) is 0 Å². The van der Waals surface area contributed by atoms with Crippen molar-refractivity contribution in [1.29, 1.82) is 0 Å². The fraction of sp³-hybridized carbons (Fsp3) is 1.00. The lowest BCUT2D eigenvalue weighted by atomic mass is 9.83. The Hall–Kier alpha value is -0.370. The van der Waals surface area contributed by atoms with Gasteiger partial charge in [-0.3, -0.25) is 4.18 Å². The summed E-state index contributed by atoms with van der Waals surface area (Å²) in [5.74, 6) is -6.29. The second-order valence-electron chi connectivity index (χ2n) is 5.15. The van der Waals surface area contributed by atoms with E-state index >= 15 is 0 Å². The minimum Gasteiger partial charge on any atom is -0.267 e. The van der Waals surface area contributed by atoms with Crippen molar-refractivity contribution in [2.75, 3.05) is 6.26 Å². The number of halogens is 4. The van der Waals surface area contributed by atoms with Crippen LogP contribution in [0.25, 0.3) is 0 Å². The molecule has 0 N–H and O–H groups in total. The molecular formula is C10H14F4O3S. The van der Waals surface area contributed by atoms with E-state index in [1.165, 1.54) is 0 Å². The van der Waals surface area contributed by atoms with Gasteiger partial charge in [0.25, 0.3) is 10.1 Å². The summed E-state index contributed by atoms with van der Waals surface area (Å²) >= 11 is 0. The highest BCUT2D eigenvalue weighted by atomic mass is 32.2. The summed E-state index contributed by atoms with van der Waals surface area (Å²) in [6.45, 7) is 0. The summed E-state index contributed by atoms with van der Waals surface area (Å²) in [5.41, 5.74) is 0. The van der Waals surface area contributed by atoms with Gasteiger partial charge in [0.05, 0.1) is 12.4 Å². The summed E-state index contributed by atoms with van der Waals surface area (Å²) in [5, 5.41) is 0. The van der Waals surface area contributed by atoms with Crippen molar-refractivity contribution < 1.29 is 30.2 Å². The number of fused-ring (bicyclic) bond motifs is 2. The van der Waals surface area contributed by atoms with Crippen LogP contribution in [0.4, 0.5) is 17.6 Å². The van der Waals surface area contributed by atoms with Crippen molar-refractivity contribution in [3.05, 3.63) is 0 Å². The zero-order valence-electron chi connectivity index (χ0n) is 9.65. The first-order valence-electron chi connectivity index (χ1n) is 5.65. The lowest BCUT2D eigenvalue weighted by molar-refractivity contribution is -0.179. The molecule has 0 aromatic carbocycles. The van der Waals surface area contributed by atoms with E-state index in [2.05, 4.69) is 0 Å². The Balaban J connectivity index is 2.04. The van der Waals surface area contributed by atoms with Crippen molar-refractivity contribution >= 4 is 10.1 Å². The molecule has 0 amide bonds. The van der Waals surface area contributed by atoms with Crippen LogP contribution < -0.4 is 0 Å². The van der Waals surface area contributed by atoms with Crippen LogP contribution in [0.5, 0.6) is 0 Å². The van der Waals surface area contributed by atoms with Gasteiger partial charge in [0.2, 0.25) is 0 Å². The number of rotatable bonds is 4. The molecule has 4 atom stereocenters. The fourth-order valence-corrected chi connectivity index (χ4v) is 3.88. The molecule has 2 aliphatic carbocycles. The third-order valence-corrected chi connectivity index (χ3v) is 4.47. The van der Waals surface area contributed by atoms with E-state index in [9.17, 15) is 26.0 Å². The van der Waals surface area contributed by atoms with Gasteiger partial charge in [0, 0.05) is 5.92 Å². The molecule has 106 valence electrons. The molecule has 18 heavy (non-hydrogen) atoms. The fourth-order valence-electron chi connectivity index (χ4n) is 3.20. The Morgan fingerprint density at radius 2 is 1.78 bits per heavy atom. The van der Waals surface area contributed by atoms with Crippen molar-refractivity contribution in [2.45, 2.75) is 37.7 Å². The van der Waals surface area contributed by atoms with Crippen molar-refractivity contribution in [2.24, 2.45) is 17.8 Å². The van der Waals surface area contributed by atoms with Crippen LogP contribution in [0, 0.1) is 17.8 Å². The second kappa shape index (κ2) is 4.33. The topological polar surface area (TPSA) is 43.4 Å². The minimum atomic E-state index is -3.99. The monoisotopic (exact) mass is 290 g/mol. The molecule has 2 saturated carbocycles. The van der Waals surface area contributed by atoms with Crippen LogP contribution in [0.15, 0.2) is 0 Å². The maximum absolute atomic E-state index is 13.3. The lowest BCUT2D eigenvalue weighted by Gasteiger charge is -2.32. The Kier molecular flexibility index (Phi) is 3.38. The van der Waals surface area contributed by atoms with E-state index in [4.69, 9.17) is 4.18 Å². The van der Waals surface area contributed by atoms with Gasteiger partial charge in [-0.05, 0) is 31.1 Å². The molecule has 3 nitrogen and oxygen atoms in total. The third kappa shape index (κ3) is 2.49. The van der Waals surface area contributed by atoms with Gasteiger partial charge < -0.3 is 0 Å². The number of hydrogen-bond acceptors (Lipinski definition) is 3. The average Bonchev–Trinajstić information content (AvgIpc) is 2.73. The van der Waals surface area contributed by atoms with Crippen molar-refractivity contribution in [1.82, 2.24) is 0 Å². The molecule has 0 aromatic heterocycles. The maximum atomic E-state index is 13.3. The highest BCUT2D eigenvalue weighted by molar-refractivity contribution is 7.86. The predicted octanol–water partition coefficient (Wildman–Crippen LogP) is 2.28. The van der Waals surface area contributed by atoms with Gasteiger partial charge >= 0.3 is 12.3 Å². The van der Waals surface area contributed by atoms with Gasteiger partial charge in [-0.15, -0.1) is 0 Å². The molecule has 0 heterocycles. The molecule has 8 heteroatoms. The van der Waals surface area contributed by atoms with E-state index < -0.39 is 40.4 Å². The van der Waals surface area contributed by atoms with Crippen LogP contribution in [-0.4, -0.2) is 33.1 Å². The lowest BCUT2D eigenvalue weighted by Crippen LogP contribution is -2.41. The molecular weight excluding hydrogens is 276 g/mol. The number of alkyl halides is 4. The summed E-state index contributed by atoms with van der Waals surface area (Å²) < 4.78 is 77.8. The zero-order valence-corrected chi connectivity index (χ0v) is 10.5. The molecule has 2 aliphatic rings. The van der Waals surface area contributed by atoms with Crippen LogP contribution in [0.1, 0.15) is 19.3 Å². The van der Waals surface area contributed by atoms with Gasteiger partial charge in [0.15, 0.2) is 0 Å². The Morgan fingerprint density at radius 3 is 2.17 bits per heavy atom. The molecule has 2 fully saturated rings. The zero-order chi connectivity index (χ0) is 13.7. The molecule has 0 aliphatic heterocycles. The Morgan fingerprint density at radius 1 is 1.17 bits per heavy atom. The van der Waals surface area contributed by atoms with Crippen LogP contribution in [0.2, 0.25) is 0 Å². The maximum Gasteiger partial charge on any atom is 0.310 e. The molecule has 0 saturated heterocycles. The van der Waals surface area contributed by atoms with Crippen LogP contribution >= 0.6 is 0 Å². The average molecular weight is 290 g/mol. The van der Waals surface area contributed by atoms with Gasteiger partial charge in [-0.2, -0.15) is 17.2 Å². The highest BCUT2D eigenvalue weighted by Crippen LogP contribution is 2.56. The molecule has 0 radical (unpaired) electrons. The van der Waals surface area contributed by atoms with E-state index in [-0.39, 0.29) is 18.8 Å². The third-order valence-electron chi connectivity index (χ3n) is 3.88. The summed E-state index contributed by atoms with van der Waals surface area (Å²) in [6.07, 6.45) is -3.05. The van der Waals surface area contributed by atoms with E-state index in [0.29, 0.717) is 6.42 Å². The number of hydrogen-bond donors (Lipinski definition) is 0. The van der Waals surface area contributed by atoms with Gasteiger partial charge in [-0.1, -0.05) is 0 Å². The van der Waals surface area contributed by atoms with Crippen LogP contribution in [0.3, 0.4) is 0 Å². The van der Waals surface area contributed by atoms with Crippen LogP contribution in [-0.2, 0) is 14.3 Å². The molecule has 2 bridgehead atoms. The molecule has 0 aromatic rings. The summed E-state index contributed by atoms with van der Waals surface area (Å²) in [6, 6.07) is 0. The Labute approximate surface area is 103 Å². The van der Waals surface area contributed by atoms with Crippen molar-refractivity contribution in [3.63, 3.8) is 0 Å². The smallest absolute Gasteiger partial charge is 0.267 e. The summed E-state index contributed by atoms with van der Waals surface area (Å²) in [7, 11) is -3.63. The predicted molar refractivity (Wildman–Crippen MR) is 55.0 cm³/mol.